The third kappa shape index (κ3) is 3.58. The summed E-state index contributed by atoms with van der Waals surface area (Å²) in [4.78, 5) is 35.3. The van der Waals surface area contributed by atoms with Gasteiger partial charge in [0.15, 0.2) is 0 Å². The lowest BCUT2D eigenvalue weighted by Crippen LogP contribution is -2.33. The summed E-state index contributed by atoms with van der Waals surface area (Å²) >= 11 is 0. The first-order chi connectivity index (χ1) is 15.5. The molecule has 0 radical (unpaired) electrons. The van der Waals surface area contributed by atoms with E-state index in [9.17, 15) is 18.4 Å². The topological polar surface area (TPSA) is 80.1 Å². The van der Waals surface area contributed by atoms with Gasteiger partial charge in [-0.15, -0.1) is 0 Å². The highest BCUT2D eigenvalue weighted by atomic mass is 19.1. The third-order valence-electron chi connectivity index (χ3n) is 5.40. The van der Waals surface area contributed by atoms with Gasteiger partial charge in [0.2, 0.25) is 11.8 Å². The zero-order valence-electron chi connectivity index (χ0n) is 16.7. The van der Waals surface area contributed by atoms with Gasteiger partial charge in [-0.25, -0.2) is 18.7 Å². The number of fused-ring (bicyclic) bond motifs is 1. The van der Waals surface area contributed by atoms with E-state index in [1.165, 1.54) is 11.1 Å². The van der Waals surface area contributed by atoms with Gasteiger partial charge < -0.3 is 10.2 Å². The molecule has 160 valence electrons. The van der Waals surface area contributed by atoms with E-state index in [4.69, 9.17) is 0 Å². The van der Waals surface area contributed by atoms with Crippen molar-refractivity contribution in [2.45, 2.75) is 6.42 Å². The van der Waals surface area contributed by atoms with Crippen molar-refractivity contribution in [1.82, 2.24) is 14.5 Å². The highest BCUT2D eigenvalue weighted by Crippen LogP contribution is 2.27. The molecular weight excluding hydrogens is 416 g/mol. The predicted octanol–water partition coefficient (Wildman–Crippen LogP) is 3.69. The number of aromatic nitrogens is 3. The standard InChI is InChI=1S/C23H17F2N5O2/c24-14-9-15(25)11-17(10-14)29-8-7-18(23(29)32)22(31)28-16-5-6-21(26-12-16)30-13-27-19-3-1-2-4-20(19)30/h1-6,9-13,18H,7-8H2,(H,28,31). The van der Waals surface area contributed by atoms with Gasteiger partial charge in [0, 0.05) is 18.3 Å². The monoisotopic (exact) mass is 433 g/mol. The minimum atomic E-state index is -0.946. The van der Waals surface area contributed by atoms with Crippen molar-refractivity contribution in [3.8, 4) is 5.82 Å². The molecule has 1 N–H and O–H groups in total. The average Bonchev–Trinajstić information content (AvgIpc) is 3.37. The number of imidazole rings is 1. The maximum atomic E-state index is 13.5. The number of halogens is 2. The molecule has 0 aliphatic carbocycles. The van der Waals surface area contributed by atoms with E-state index < -0.39 is 29.4 Å². The number of nitrogens with zero attached hydrogens (tertiary/aromatic N) is 4. The van der Waals surface area contributed by atoms with Crippen molar-refractivity contribution in [2.75, 3.05) is 16.8 Å². The first kappa shape index (κ1) is 19.8. The molecule has 2 amide bonds. The molecule has 3 heterocycles. The summed E-state index contributed by atoms with van der Waals surface area (Å²) in [6.45, 7) is 0.199. The molecule has 0 saturated carbocycles. The average molecular weight is 433 g/mol. The Balaban J connectivity index is 1.29. The second kappa shape index (κ2) is 7.84. The molecule has 1 aliphatic rings. The number of anilines is 2. The molecule has 0 bridgehead atoms. The van der Waals surface area contributed by atoms with Gasteiger partial charge in [0.05, 0.1) is 22.9 Å². The summed E-state index contributed by atoms with van der Waals surface area (Å²) < 4.78 is 28.8. The number of pyridine rings is 1. The molecule has 0 spiro atoms. The number of nitrogens with one attached hydrogen (secondary N) is 1. The number of carbonyl (C=O) groups excluding carboxylic acids is 2. The van der Waals surface area contributed by atoms with E-state index in [0.29, 0.717) is 11.5 Å². The minimum Gasteiger partial charge on any atom is -0.324 e. The van der Waals surface area contributed by atoms with Gasteiger partial charge in [-0.05, 0) is 42.8 Å². The summed E-state index contributed by atoms with van der Waals surface area (Å²) in [5.41, 5.74) is 2.28. The Kier molecular flexibility index (Phi) is 4.85. The van der Waals surface area contributed by atoms with E-state index in [2.05, 4.69) is 15.3 Å². The minimum absolute atomic E-state index is 0.0985. The SMILES string of the molecule is O=C(Nc1ccc(-n2cnc3ccccc32)nc1)C1CCN(c2cc(F)cc(F)c2)C1=O. The molecular formula is C23H17F2N5O2. The molecule has 7 nitrogen and oxygen atoms in total. The Labute approximate surface area is 181 Å². The fourth-order valence-corrected chi connectivity index (χ4v) is 3.85. The predicted molar refractivity (Wildman–Crippen MR) is 114 cm³/mol. The summed E-state index contributed by atoms with van der Waals surface area (Å²) in [7, 11) is 0. The van der Waals surface area contributed by atoms with Crippen molar-refractivity contribution in [3.05, 3.63) is 78.8 Å². The van der Waals surface area contributed by atoms with Crippen LogP contribution >= 0.6 is 0 Å². The van der Waals surface area contributed by atoms with Gasteiger partial charge in [-0.1, -0.05) is 12.1 Å². The largest absolute Gasteiger partial charge is 0.324 e. The van der Waals surface area contributed by atoms with Crippen molar-refractivity contribution in [2.24, 2.45) is 5.92 Å². The van der Waals surface area contributed by atoms with Gasteiger partial charge >= 0.3 is 0 Å². The highest BCUT2D eigenvalue weighted by molar-refractivity contribution is 6.13. The second-order valence-electron chi connectivity index (χ2n) is 7.46. The lowest BCUT2D eigenvalue weighted by atomic mass is 10.1. The van der Waals surface area contributed by atoms with E-state index in [0.717, 1.165) is 29.2 Å². The zero-order chi connectivity index (χ0) is 22.2. The van der Waals surface area contributed by atoms with Crippen LogP contribution in [0.5, 0.6) is 0 Å². The number of hydrogen-bond acceptors (Lipinski definition) is 4. The number of para-hydroxylation sites is 2. The molecule has 2 aromatic carbocycles. The van der Waals surface area contributed by atoms with Crippen molar-refractivity contribution in [1.29, 1.82) is 0 Å². The van der Waals surface area contributed by atoms with Crippen LogP contribution < -0.4 is 10.2 Å². The molecule has 2 aromatic heterocycles. The zero-order valence-corrected chi connectivity index (χ0v) is 16.7. The van der Waals surface area contributed by atoms with Crippen LogP contribution in [0.15, 0.2) is 67.1 Å². The van der Waals surface area contributed by atoms with Crippen LogP contribution in [0, 0.1) is 17.6 Å². The van der Waals surface area contributed by atoms with E-state index in [1.807, 2.05) is 28.8 Å². The number of amides is 2. The van der Waals surface area contributed by atoms with Crippen LogP contribution in [0.25, 0.3) is 16.9 Å². The summed E-state index contributed by atoms with van der Waals surface area (Å²) in [5.74, 6) is -2.86. The maximum absolute atomic E-state index is 13.5. The lowest BCUT2D eigenvalue weighted by molar-refractivity contribution is -0.129. The highest BCUT2D eigenvalue weighted by Gasteiger charge is 2.38. The van der Waals surface area contributed by atoms with Crippen LogP contribution in [0.1, 0.15) is 6.42 Å². The van der Waals surface area contributed by atoms with E-state index >= 15 is 0 Å². The summed E-state index contributed by atoms with van der Waals surface area (Å²) in [6.07, 6.45) is 3.42. The van der Waals surface area contributed by atoms with Crippen LogP contribution in [0.4, 0.5) is 20.2 Å². The van der Waals surface area contributed by atoms with Crippen LogP contribution in [-0.2, 0) is 9.59 Å². The number of carbonyl (C=O) groups is 2. The van der Waals surface area contributed by atoms with Crippen LogP contribution in [0.2, 0.25) is 0 Å². The Morgan fingerprint density at radius 1 is 1.03 bits per heavy atom. The van der Waals surface area contributed by atoms with Crippen molar-refractivity contribution < 1.29 is 18.4 Å². The third-order valence-corrected chi connectivity index (χ3v) is 5.40. The van der Waals surface area contributed by atoms with Crippen molar-refractivity contribution in [3.63, 3.8) is 0 Å². The van der Waals surface area contributed by atoms with Gasteiger partial charge in [0.25, 0.3) is 0 Å². The molecule has 1 atom stereocenters. The first-order valence-electron chi connectivity index (χ1n) is 9.96. The molecule has 32 heavy (non-hydrogen) atoms. The number of hydrogen-bond donors (Lipinski definition) is 1. The molecule has 1 aliphatic heterocycles. The Morgan fingerprint density at radius 2 is 1.81 bits per heavy atom. The molecule has 1 saturated heterocycles. The first-order valence-corrected chi connectivity index (χ1v) is 9.96. The van der Waals surface area contributed by atoms with Crippen LogP contribution in [-0.4, -0.2) is 32.9 Å². The second-order valence-corrected chi connectivity index (χ2v) is 7.46. The Hall–Kier alpha value is -4.14. The molecule has 5 rings (SSSR count). The van der Waals surface area contributed by atoms with Gasteiger partial charge in [-0.2, -0.15) is 0 Å². The lowest BCUT2D eigenvalue weighted by Gasteiger charge is -2.17. The summed E-state index contributed by atoms with van der Waals surface area (Å²) in [5, 5.41) is 2.70. The normalized spacial score (nSPS) is 16.0. The van der Waals surface area contributed by atoms with Gasteiger partial charge in [0.1, 0.15) is 29.7 Å². The van der Waals surface area contributed by atoms with E-state index in [-0.39, 0.29) is 18.7 Å². The maximum Gasteiger partial charge on any atom is 0.239 e. The molecule has 1 fully saturated rings. The molecule has 1 unspecified atom stereocenters. The molecule has 9 heteroatoms. The van der Waals surface area contributed by atoms with E-state index in [1.54, 1.807) is 18.5 Å². The van der Waals surface area contributed by atoms with Crippen LogP contribution in [0.3, 0.4) is 0 Å². The Morgan fingerprint density at radius 3 is 2.56 bits per heavy atom. The van der Waals surface area contributed by atoms with Crippen molar-refractivity contribution >= 4 is 34.2 Å². The fraction of sp³-hybridized carbons (Fsp3) is 0.130. The quantitative estimate of drug-likeness (QED) is 0.498. The number of benzene rings is 2. The van der Waals surface area contributed by atoms with Gasteiger partial charge in [-0.3, -0.25) is 14.2 Å². The fourth-order valence-electron chi connectivity index (χ4n) is 3.85. The Bertz CT molecular complexity index is 1320. The smallest absolute Gasteiger partial charge is 0.239 e. The molecule has 4 aromatic rings. The number of rotatable bonds is 4. The summed E-state index contributed by atoms with van der Waals surface area (Å²) in [6, 6.07) is 14.0.